The van der Waals surface area contributed by atoms with Gasteiger partial charge in [0.15, 0.2) is 24.8 Å². The average Bonchev–Trinajstić information content (AvgIpc) is 2.95. The summed E-state index contributed by atoms with van der Waals surface area (Å²) in [4.78, 5) is 26.1. The van der Waals surface area contributed by atoms with Gasteiger partial charge in [0, 0.05) is 12.7 Å². The number of carbonyl (C=O) groups is 2. The summed E-state index contributed by atoms with van der Waals surface area (Å²) in [7, 11) is 1.43. The van der Waals surface area contributed by atoms with E-state index in [0.717, 1.165) is 5.56 Å². The third-order valence-corrected chi connectivity index (χ3v) is 6.09. The Labute approximate surface area is 208 Å². The van der Waals surface area contributed by atoms with Gasteiger partial charge in [0.25, 0.3) is 0 Å². The van der Waals surface area contributed by atoms with Crippen molar-refractivity contribution in [3.05, 3.63) is 108 Å². The number of fused-ring (bicyclic) bond motifs is 1. The van der Waals surface area contributed by atoms with E-state index < -0.39 is 48.9 Å². The predicted molar refractivity (Wildman–Crippen MR) is 127 cm³/mol. The summed E-state index contributed by atoms with van der Waals surface area (Å²) in [6.07, 6.45) is -5.23. The maximum atomic E-state index is 13.1. The van der Waals surface area contributed by atoms with Gasteiger partial charge in [0.2, 0.25) is 0 Å². The van der Waals surface area contributed by atoms with Gasteiger partial charge in [-0.25, -0.2) is 9.59 Å². The molecule has 3 aromatic carbocycles. The molecule has 0 aliphatic carbocycles. The fraction of sp³-hybridized carbons (Fsp3) is 0.286. The zero-order valence-electron chi connectivity index (χ0n) is 19.6. The van der Waals surface area contributed by atoms with E-state index >= 15 is 0 Å². The second-order valence-electron chi connectivity index (χ2n) is 8.43. The molecule has 0 spiro atoms. The van der Waals surface area contributed by atoms with Crippen LogP contribution in [-0.2, 0) is 28.4 Å². The minimum Gasteiger partial charge on any atom is -0.452 e. The van der Waals surface area contributed by atoms with Gasteiger partial charge in [0.1, 0.15) is 12.2 Å². The normalized spacial score (nSPS) is 27.5. The molecule has 0 saturated carbocycles. The van der Waals surface area contributed by atoms with E-state index in [1.807, 2.05) is 30.3 Å². The van der Waals surface area contributed by atoms with Crippen LogP contribution < -0.4 is 0 Å². The minimum absolute atomic E-state index is 0.169. The fourth-order valence-electron chi connectivity index (χ4n) is 4.31. The standard InChI is InChI=1S/C28H26O8/c1-31-28-24(35-26(30)19-13-7-3-8-14-19)23(34-25(29)18-11-5-2-6-12-18)22-21(33-28)17-32-27(36-22)20-15-9-4-10-16-20/h2-16,21-24,27-28H,17H2,1H3/t21-,22-,23+,24-,27?,28-/m1/s1. The molecule has 2 aliphatic heterocycles. The van der Waals surface area contributed by atoms with E-state index in [9.17, 15) is 9.59 Å². The summed E-state index contributed by atoms with van der Waals surface area (Å²) in [6, 6.07) is 26.5. The number of benzene rings is 3. The first-order valence-corrected chi connectivity index (χ1v) is 11.7. The highest BCUT2D eigenvalue weighted by Crippen LogP contribution is 2.37. The number of esters is 2. The summed E-state index contributed by atoms with van der Waals surface area (Å²) in [5.74, 6) is -1.18. The third-order valence-electron chi connectivity index (χ3n) is 6.09. The summed E-state index contributed by atoms with van der Waals surface area (Å²) in [5, 5.41) is 0. The maximum absolute atomic E-state index is 13.1. The van der Waals surface area contributed by atoms with Crippen molar-refractivity contribution in [3.8, 4) is 0 Å². The van der Waals surface area contributed by atoms with Crippen LogP contribution in [0.3, 0.4) is 0 Å². The third kappa shape index (κ3) is 5.17. The Kier molecular flexibility index (Phi) is 7.39. The Morgan fingerprint density at radius 1 is 0.722 bits per heavy atom. The lowest BCUT2D eigenvalue weighted by Gasteiger charge is -2.47. The van der Waals surface area contributed by atoms with Gasteiger partial charge in [-0.15, -0.1) is 0 Å². The lowest BCUT2D eigenvalue weighted by Crippen LogP contribution is -2.64. The molecule has 5 rings (SSSR count). The van der Waals surface area contributed by atoms with Gasteiger partial charge in [0.05, 0.1) is 17.7 Å². The van der Waals surface area contributed by atoms with Crippen molar-refractivity contribution in [2.24, 2.45) is 0 Å². The highest BCUT2D eigenvalue weighted by Gasteiger charge is 2.54. The minimum atomic E-state index is -1.09. The molecule has 2 heterocycles. The molecule has 36 heavy (non-hydrogen) atoms. The van der Waals surface area contributed by atoms with Crippen LogP contribution in [0.25, 0.3) is 0 Å². The van der Waals surface area contributed by atoms with Crippen molar-refractivity contribution >= 4 is 11.9 Å². The summed E-state index contributed by atoms with van der Waals surface area (Å²) in [5.41, 5.74) is 1.50. The van der Waals surface area contributed by atoms with Gasteiger partial charge in [-0.2, -0.15) is 0 Å². The van der Waals surface area contributed by atoms with E-state index in [1.54, 1.807) is 60.7 Å². The van der Waals surface area contributed by atoms with Crippen molar-refractivity contribution in [2.75, 3.05) is 13.7 Å². The smallest absolute Gasteiger partial charge is 0.338 e. The molecule has 1 unspecified atom stereocenters. The Morgan fingerprint density at radius 2 is 1.25 bits per heavy atom. The summed E-state index contributed by atoms with van der Waals surface area (Å²) in [6.45, 7) is 0.169. The van der Waals surface area contributed by atoms with Crippen LogP contribution >= 0.6 is 0 Å². The first kappa shape index (κ1) is 24.1. The van der Waals surface area contributed by atoms with Crippen LogP contribution in [0, 0.1) is 0 Å². The van der Waals surface area contributed by atoms with E-state index in [-0.39, 0.29) is 6.61 Å². The Hall–Kier alpha value is -3.56. The Bertz CT molecular complexity index is 1150. The van der Waals surface area contributed by atoms with Crippen LogP contribution in [0.5, 0.6) is 0 Å². The second kappa shape index (κ2) is 11.0. The second-order valence-corrected chi connectivity index (χ2v) is 8.43. The molecule has 186 valence electrons. The molecule has 0 N–H and O–H groups in total. The van der Waals surface area contributed by atoms with Gasteiger partial charge in [-0.05, 0) is 24.3 Å². The van der Waals surface area contributed by atoms with Crippen LogP contribution in [0.4, 0.5) is 0 Å². The Balaban J connectivity index is 1.46. The topological polar surface area (TPSA) is 89.5 Å². The molecule has 8 nitrogen and oxygen atoms in total. The molecule has 8 heteroatoms. The molecule has 0 amide bonds. The van der Waals surface area contributed by atoms with Gasteiger partial charge < -0.3 is 28.4 Å². The van der Waals surface area contributed by atoms with E-state index in [4.69, 9.17) is 28.4 Å². The largest absolute Gasteiger partial charge is 0.452 e. The number of rotatable bonds is 6. The van der Waals surface area contributed by atoms with Crippen molar-refractivity contribution in [3.63, 3.8) is 0 Å². The lowest BCUT2D eigenvalue weighted by atomic mass is 9.97. The molecule has 3 aromatic rings. The van der Waals surface area contributed by atoms with Gasteiger partial charge in [-0.1, -0.05) is 66.7 Å². The van der Waals surface area contributed by atoms with Crippen LogP contribution in [0.2, 0.25) is 0 Å². The molecular formula is C28H26O8. The number of hydrogen-bond acceptors (Lipinski definition) is 8. The van der Waals surface area contributed by atoms with Crippen LogP contribution in [0.15, 0.2) is 91.0 Å². The zero-order chi connectivity index (χ0) is 24.9. The van der Waals surface area contributed by atoms with Crippen molar-refractivity contribution in [2.45, 2.75) is 37.0 Å². The number of carbonyl (C=O) groups excluding carboxylic acids is 2. The number of hydrogen-bond donors (Lipinski definition) is 0. The molecular weight excluding hydrogens is 464 g/mol. The molecule has 6 atom stereocenters. The quantitative estimate of drug-likeness (QED) is 0.481. The molecule has 0 bridgehead atoms. The van der Waals surface area contributed by atoms with Gasteiger partial charge >= 0.3 is 11.9 Å². The molecule has 2 aliphatic rings. The highest BCUT2D eigenvalue weighted by molar-refractivity contribution is 5.90. The van der Waals surface area contributed by atoms with Crippen molar-refractivity contribution < 1.29 is 38.0 Å². The fourth-order valence-corrected chi connectivity index (χ4v) is 4.31. The summed E-state index contributed by atoms with van der Waals surface area (Å²) >= 11 is 0. The lowest BCUT2D eigenvalue weighted by molar-refractivity contribution is -0.356. The van der Waals surface area contributed by atoms with E-state index in [1.165, 1.54) is 7.11 Å². The van der Waals surface area contributed by atoms with E-state index in [0.29, 0.717) is 11.1 Å². The maximum Gasteiger partial charge on any atom is 0.338 e. The van der Waals surface area contributed by atoms with E-state index in [2.05, 4.69) is 0 Å². The molecule has 0 aromatic heterocycles. The molecule has 0 radical (unpaired) electrons. The van der Waals surface area contributed by atoms with Crippen LogP contribution in [-0.4, -0.2) is 56.4 Å². The Morgan fingerprint density at radius 3 is 1.81 bits per heavy atom. The summed E-state index contributed by atoms with van der Waals surface area (Å²) < 4.78 is 35.5. The van der Waals surface area contributed by atoms with Gasteiger partial charge in [-0.3, -0.25) is 0 Å². The SMILES string of the molecule is CO[C@@H]1O[C@@H]2COC(c3ccccc3)O[C@H]2[C@H](OC(=O)c2ccccc2)[C@H]1OC(=O)c1ccccc1. The van der Waals surface area contributed by atoms with Crippen molar-refractivity contribution in [1.82, 2.24) is 0 Å². The molecule has 2 fully saturated rings. The zero-order valence-corrected chi connectivity index (χ0v) is 19.6. The predicted octanol–water partition coefficient (Wildman–Crippen LogP) is 3.92. The number of methoxy groups -OCH3 is 1. The molecule has 2 saturated heterocycles. The highest BCUT2D eigenvalue weighted by atomic mass is 16.8. The monoisotopic (exact) mass is 490 g/mol. The van der Waals surface area contributed by atoms with Crippen LogP contribution in [0.1, 0.15) is 32.6 Å². The first-order valence-electron chi connectivity index (χ1n) is 11.7. The van der Waals surface area contributed by atoms with Crippen molar-refractivity contribution in [1.29, 1.82) is 0 Å². The average molecular weight is 491 g/mol. The number of ether oxygens (including phenoxy) is 6. The first-order chi connectivity index (χ1) is 17.6.